The maximum absolute atomic E-state index is 6.10. The standard InChI is InChI=1S/C18H17ClN2O3/c1-3-22-14-7-5-13(6-8-14)18-20-17(24-21-18)11-23-16-10-12(2)4-9-15(16)19/h4-10H,3,11H2,1-2H3. The highest BCUT2D eigenvalue weighted by Gasteiger charge is 2.10. The number of hydrogen-bond donors (Lipinski definition) is 0. The predicted molar refractivity (Wildman–Crippen MR) is 91.4 cm³/mol. The van der Waals surface area contributed by atoms with Crippen molar-refractivity contribution in [1.82, 2.24) is 10.1 Å². The van der Waals surface area contributed by atoms with Crippen molar-refractivity contribution in [3.05, 3.63) is 58.9 Å². The Balaban J connectivity index is 1.68. The normalized spacial score (nSPS) is 10.6. The van der Waals surface area contributed by atoms with Crippen LogP contribution in [0.3, 0.4) is 0 Å². The van der Waals surface area contributed by atoms with Gasteiger partial charge in [-0.1, -0.05) is 22.8 Å². The van der Waals surface area contributed by atoms with Crippen LogP contribution in [0.1, 0.15) is 18.4 Å². The van der Waals surface area contributed by atoms with Crippen LogP contribution in [0, 0.1) is 6.92 Å². The lowest BCUT2D eigenvalue weighted by molar-refractivity contribution is 0.243. The molecule has 0 unspecified atom stereocenters. The summed E-state index contributed by atoms with van der Waals surface area (Å²) in [6, 6.07) is 13.1. The number of halogens is 1. The van der Waals surface area contributed by atoms with Gasteiger partial charge in [-0.3, -0.25) is 0 Å². The van der Waals surface area contributed by atoms with E-state index in [1.165, 1.54) is 0 Å². The fourth-order valence-electron chi connectivity index (χ4n) is 2.16. The van der Waals surface area contributed by atoms with Crippen molar-refractivity contribution in [2.75, 3.05) is 6.61 Å². The summed E-state index contributed by atoms with van der Waals surface area (Å²) < 4.78 is 16.3. The van der Waals surface area contributed by atoms with Crippen LogP contribution in [0.15, 0.2) is 47.0 Å². The number of aromatic nitrogens is 2. The number of ether oxygens (including phenoxy) is 2. The van der Waals surface area contributed by atoms with Gasteiger partial charge in [-0.15, -0.1) is 0 Å². The lowest BCUT2D eigenvalue weighted by Crippen LogP contribution is -1.96. The van der Waals surface area contributed by atoms with Crippen LogP contribution < -0.4 is 9.47 Å². The number of nitrogens with zero attached hydrogens (tertiary/aromatic N) is 2. The molecule has 0 saturated carbocycles. The number of aryl methyl sites for hydroxylation is 1. The Morgan fingerprint density at radius 3 is 2.62 bits per heavy atom. The Kier molecular flexibility index (Phi) is 5.01. The first-order valence-corrected chi connectivity index (χ1v) is 7.98. The maximum atomic E-state index is 6.10. The largest absolute Gasteiger partial charge is 0.494 e. The van der Waals surface area contributed by atoms with Crippen LogP contribution in [-0.2, 0) is 6.61 Å². The summed E-state index contributed by atoms with van der Waals surface area (Å²) in [5.74, 6) is 2.29. The second kappa shape index (κ2) is 7.36. The molecule has 0 fully saturated rings. The zero-order chi connectivity index (χ0) is 16.9. The minimum Gasteiger partial charge on any atom is -0.494 e. The maximum Gasteiger partial charge on any atom is 0.264 e. The smallest absolute Gasteiger partial charge is 0.264 e. The molecule has 1 heterocycles. The van der Waals surface area contributed by atoms with Gasteiger partial charge in [0.05, 0.1) is 11.6 Å². The second-order valence-corrected chi connectivity index (χ2v) is 5.60. The molecule has 0 bridgehead atoms. The Labute approximate surface area is 145 Å². The number of benzene rings is 2. The van der Waals surface area contributed by atoms with E-state index < -0.39 is 0 Å². The molecule has 0 atom stereocenters. The minimum atomic E-state index is 0.160. The van der Waals surface area contributed by atoms with E-state index in [4.69, 9.17) is 25.6 Å². The summed E-state index contributed by atoms with van der Waals surface area (Å²) in [5, 5.41) is 4.52. The molecule has 3 rings (SSSR count). The van der Waals surface area contributed by atoms with E-state index in [1.807, 2.05) is 50.2 Å². The van der Waals surface area contributed by atoms with Gasteiger partial charge < -0.3 is 14.0 Å². The van der Waals surface area contributed by atoms with Gasteiger partial charge in [0.2, 0.25) is 5.82 Å². The first kappa shape index (κ1) is 16.3. The van der Waals surface area contributed by atoms with Crippen LogP contribution >= 0.6 is 11.6 Å². The first-order valence-electron chi connectivity index (χ1n) is 7.60. The van der Waals surface area contributed by atoms with E-state index >= 15 is 0 Å². The number of hydrogen-bond acceptors (Lipinski definition) is 5. The predicted octanol–water partition coefficient (Wildman–Crippen LogP) is 4.68. The highest BCUT2D eigenvalue weighted by molar-refractivity contribution is 6.32. The monoisotopic (exact) mass is 344 g/mol. The van der Waals surface area contributed by atoms with Gasteiger partial charge in [0, 0.05) is 5.56 Å². The molecular weight excluding hydrogens is 328 g/mol. The molecule has 0 radical (unpaired) electrons. The van der Waals surface area contributed by atoms with Crippen molar-refractivity contribution in [2.24, 2.45) is 0 Å². The first-order chi connectivity index (χ1) is 11.7. The molecule has 0 spiro atoms. The molecule has 0 aliphatic carbocycles. The van der Waals surface area contributed by atoms with Gasteiger partial charge in [-0.2, -0.15) is 4.98 Å². The third-order valence-corrected chi connectivity index (χ3v) is 3.64. The van der Waals surface area contributed by atoms with Crippen LogP contribution in [0.2, 0.25) is 5.02 Å². The summed E-state index contributed by atoms with van der Waals surface area (Å²) in [4.78, 5) is 4.34. The Bertz CT molecular complexity index is 815. The van der Waals surface area contributed by atoms with Crippen molar-refractivity contribution in [2.45, 2.75) is 20.5 Å². The molecule has 0 saturated heterocycles. The highest BCUT2D eigenvalue weighted by Crippen LogP contribution is 2.26. The van der Waals surface area contributed by atoms with Crippen molar-refractivity contribution < 1.29 is 14.0 Å². The average Bonchev–Trinajstić information content (AvgIpc) is 3.06. The number of rotatable bonds is 6. The third kappa shape index (κ3) is 3.86. The summed E-state index contributed by atoms with van der Waals surface area (Å²) in [6.45, 7) is 4.71. The van der Waals surface area contributed by atoms with Crippen LogP contribution in [0.5, 0.6) is 11.5 Å². The molecule has 2 aromatic carbocycles. The van der Waals surface area contributed by atoms with Gasteiger partial charge in [0.1, 0.15) is 11.5 Å². The highest BCUT2D eigenvalue weighted by atomic mass is 35.5. The van der Waals surface area contributed by atoms with Crippen molar-refractivity contribution >= 4 is 11.6 Å². The zero-order valence-electron chi connectivity index (χ0n) is 13.5. The summed E-state index contributed by atoms with van der Waals surface area (Å²) >= 11 is 6.10. The van der Waals surface area contributed by atoms with Crippen LogP contribution in [0.25, 0.3) is 11.4 Å². The van der Waals surface area contributed by atoms with Gasteiger partial charge in [-0.05, 0) is 55.8 Å². The molecule has 0 aliphatic heterocycles. The molecule has 3 aromatic rings. The fourth-order valence-corrected chi connectivity index (χ4v) is 2.33. The molecule has 0 aliphatic rings. The lowest BCUT2D eigenvalue weighted by Gasteiger charge is -2.06. The fraction of sp³-hybridized carbons (Fsp3) is 0.222. The molecule has 0 N–H and O–H groups in total. The molecule has 6 heteroatoms. The molecule has 24 heavy (non-hydrogen) atoms. The Hall–Kier alpha value is -2.53. The lowest BCUT2D eigenvalue weighted by atomic mass is 10.2. The molecular formula is C18H17ClN2O3. The van der Waals surface area contributed by atoms with Gasteiger partial charge in [0.15, 0.2) is 6.61 Å². The van der Waals surface area contributed by atoms with Crippen molar-refractivity contribution in [3.8, 4) is 22.9 Å². The second-order valence-electron chi connectivity index (χ2n) is 5.19. The SMILES string of the molecule is CCOc1ccc(-c2noc(COc3cc(C)ccc3Cl)n2)cc1. The third-order valence-electron chi connectivity index (χ3n) is 3.33. The summed E-state index contributed by atoms with van der Waals surface area (Å²) in [6.07, 6.45) is 0. The summed E-state index contributed by atoms with van der Waals surface area (Å²) in [5.41, 5.74) is 1.91. The molecule has 0 amide bonds. The Morgan fingerprint density at radius 1 is 1.08 bits per heavy atom. The summed E-state index contributed by atoms with van der Waals surface area (Å²) in [7, 11) is 0. The molecule has 5 nitrogen and oxygen atoms in total. The minimum absolute atomic E-state index is 0.160. The molecule has 1 aromatic heterocycles. The van der Waals surface area contributed by atoms with Crippen molar-refractivity contribution in [3.63, 3.8) is 0 Å². The van der Waals surface area contributed by atoms with Gasteiger partial charge in [0.25, 0.3) is 5.89 Å². The molecule has 124 valence electrons. The van der Waals surface area contributed by atoms with Crippen molar-refractivity contribution in [1.29, 1.82) is 0 Å². The van der Waals surface area contributed by atoms with E-state index in [9.17, 15) is 0 Å². The van der Waals surface area contributed by atoms with E-state index in [-0.39, 0.29) is 6.61 Å². The van der Waals surface area contributed by atoms with E-state index in [0.717, 1.165) is 16.9 Å². The van der Waals surface area contributed by atoms with Crippen LogP contribution in [0.4, 0.5) is 0 Å². The van der Waals surface area contributed by atoms with Gasteiger partial charge in [-0.25, -0.2) is 0 Å². The topological polar surface area (TPSA) is 57.4 Å². The quantitative estimate of drug-likeness (QED) is 0.650. The Morgan fingerprint density at radius 2 is 1.88 bits per heavy atom. The van der Waals surface area contributed by atoms with E-state index in [1.54, 1.807) is 6.07 Å². The van der Waals surface area contributed by atoms with E-state index in [2.05, 4.69) is 10.1 Å². The zero-order valence-corrected chi connectivity index (χ0v) is 14.2. The van der Waals surface area contributed by atoms with Gasteiger partial charge >= 0.3 is 0 Å². The van der Waals surface area contributed by atoms with E-state index in [0.29, 0.717) is 29.1 Å². The van der Waals surface area contributed by atoms with Crippen LogP contribution in [-0.4, -0.2) is 16.7 Å². The average molecular weight is 345 g/mol.